The van der Waals surface area contributed by atoms with E-state index in [0.717, 1.165) is 30.4 Å². The number of fused-ring (bicyclic) bond motifs is 1. The average Bonchev–Trinajstić information content (AvgIpc) is 3.17. The minimum Gasteiger partial charge on any atom is -0.464 e. The minimum atomic E-state index is -1.25. The summed E-state index contributed by atoms with van der Waals surface area (Å²) in [7, 11) is 1.73. The number of carbonyl (C=O) groups is 1. The lowest BCUT2D eigenvalue weighted by atomic mass is 9.73. The van der Waals surface area contributed by atoms with Gasteiger partial charge in [0.2, 0.25) is 0 Å². The van der Waals surface area contributed by atoms with Crippen molar-refractivity contribution >= 4 is 38.7 Å². The zero-order valence-corrected chi connectivity index (χ0v) is 25.2. The molecule has 4 rings (SSSR count). The van der Waals surface area contributed by atoms with Crippen LogP contribution in [0, 0.1) is 24.2 Å². The number of hydrogen-bond acceptors (Lipinski definition) is 7. The van der Waals surface area contributed by atoms with Gasteiger partial charge in [-0.3, -0.25) is 0 Å². The summed E-state index contributed by atoms with van der Waals surface area (Å²) in [6.07, 6.45) is 2.56. The Kier molecular flexibility index (Phi) is 8.62. The summed E-state index contributed by atoms with van der Waals surface area (Å²) in [5.41, 5.74) is 4.14. The van der Waals surface area contributed by atoms with Crippen molar-refractivity contribution in [1.29, 1.82) is 0 Å². The number of rotatable bonds is 5. The van der Waals surface area contributed by atoms with Crippen LogP contribution in [-0.4, -0.2) is 58.8 Å². The van der Waals surface area contributed by atoms with Gasteiger partial charge in [-0.05, 0) is 91.6 Å². The van der Waals surface area contributed by atoms with Gasteiger partial charge in [0.15, 0.2) is 11.5 Å². The number of nitrogens with zero attached hydrogens (tertiary/aromatic N) is 3. The highest BCUT2D eigenvalue weighted by Gasteiger charge is 2.49. The van der Waals surface area contributed by atoms with Gasteiger partial charge < -0.3 is 14.4 Å². The van der Waals surface area contributed by atoms with Gasteiger partial charge in [-0.25, -0.2) is 23.7 Å². The van der Waals surface area contributed by atoms with Gasteiger partial charge in [-0.1, -0.05) is 17.9 Å². The molecule has 1 N–H and O–H groups in total. The Bertz CT molecular complexity index is 1310. The van der Waals surface area contributed by atoms with Gasteiger partial charge in [-0.2, -0.15) is 0 Å². The first-order valence-electron chi connectivity index (χ1n) is 12.6. The molecule has 1 fully saturated rings. The number of piperidine rings is 1. The molecule has 1 spiro atoms. The molecule has 204 valence electrons. The summed E-state index contributed by atoms with van der Waals surface area (Å²) in [6, 6.07) is 6.26. The minimum absolute atomic E-state index is 0.0818. The van der Waals surface area contributed by atoms with E-state index in [1.54, 1.807) is 7.11 Å². The molecular formula is C28H35BrN4O4S. The number of ether oxygens (including phenoxy) is 2. The van der Waals surface area contributed by atoms with Crippen molar-refractivity contribution in [3.8, 4) is 11.8 Å². The van der Waals surface area contributed by atoms with Crippen LogP contribution in [0.25, 0.3) is 0 Å². The number of anilines is 1. The van der Waals surface area contributed by atoms with Crippen LogP contribution in [0.15, 0.2) is 22.8 Å². The third-order valence-corrected chi connectivity index (χ3v) is 9.59. The standard InChI is InChI=1S/C28H35BrN4O4S/c1-18-24(29)31-22(26(34)37-6)25(30-18)33-13-11-28(12-14-33)17-20-10-9-19(8-7-15-36-5)16-21(20)23(28)32-38(35)27(2,3)4/h9-10,16,23,32H,11-15,17H2,1-6H3/t23-,38-/m1/s1. The predicted molar refractivity (Wildman–Crippen MR) is 152 cm³/mol. The van der Waals surface area contributed by atoms with Crippen LogP contribution in [0.3, 0.4) is 0 Å². The van der Waals surface area contributed by atoms with Crippen molar-refractivity contribution in [1.82, 2.24) is 14.7 Å². The Morgan fingerprint density at radius 2 is 1.97 bits per heavy atom. The maximum Gasteiger partial charge on any atom is 0.360 e. The molecule has 10 heteroatoms. The van der Waals surface area contributed by atoms with E-state index in [0.29, 0.717) is 35.8 Å². The van der Waals surface area contributed by atoms with E-state index in [-0.39, 0.29) is 17.2 Å². The summed E-state index contributed by atoms with van der Waals surface area (Å²) in [6.45, 7) is 9.56. The molecule has 1 saturated heterocycles. The number of benzene rings is 1. The third kappa shape index (κ3) is 5.81. The van der Waals surface area contributed by atoms with Crippen LogP contribution in [0.5, 0.6) is 0 Å². The lowest BCUT2D eigenvalue weighted by Gasteiger charge is -2.44. The van der Waals surface area contributed by atoms with Crippen molar-refractivity contribution in [2.24, 2.45) is 5.41 Å². The maximum absolute atomic E-state index is 13.3. The molecule has 1 aromatic carbocycles. The van der Waals surface area contributed by atoms with E-state index in [1.807, 2.05) is 27.7 Å². The second-order valence-corrected chi connectivity index (χ2v) is 13.6. The fourth-order valence-corrected chi connectivity index (χ4v) is 6.38. The van der Waals surface area contributed by atoms with Crippen LogP contribution in [0.4, 0.5) is 5.82 Å². The van der Waals surface area contributed by atoms with Crippen LogP contribution in [0.2, 0.25) is 0 Å². The van der Waals surface area contributed by atoms with E-state index >= 15 is 0 Å². The molecule has 2 aliphatic rings. The zero-order valence-electron chi connectivity index (χ0n) is 22.8. The molecule has 0 radical (unpaired) electrons. The normalized spacial score (nSPS) is 19.0. The quantitative estimate of drug-likeness (QED) is 0.403. The Hall–Kier alpha value is -2.32. The van der Waals surface area contributed by atoms with Crippen molar-refractivity contribution < 1.29 is 18.5 Å². The van der Waals surface area contributed by atoms with Crippen molar-refractivity contribution in [3.63, 3.8) is 0 Å². The second-order valence-electron chi connectivity index (χ2n) is 10.9. The summed E-state index contributed by atoms with van der Waals surface area (Å²) in [5, 5.41) is 0. The van der Waals surface area contributed by atoms with Gasteiger partial charge in [0.05, 0.1) is 34.6 Å². The van der Waals surface area contributed by atoms with Gasteiger partial charge in [0.25, 0.3) is 0 Å². The van der Waals surface area contributed by atoms with E-state index < -0.39 is 21.7 Å². The topological polar surface area (TPSA) is 93.6 Å². The third-order valence-electron chi connectivity index (χ3n) is 7.27. The first-order chi connectivity index (χ1) is 18.0. The molecule has 0 amide bonds. The summed E-state index contributed by atoms with van der Waals surface area (Å²) >= 11 is 3.39. The van der Waals surface area contributed by atoms with Gasteiger partial charge in [0.1, 0.15) is 11.2 Å². The Morgan fingerprint density at radius 1 is 1.26 bits per heavy atom. The Morgan fingerprint density at radius 3 is 2.61 bits per heavy atom. The molecule has 0 unspecified atom stereocenters. The maximum atomic E-state index is 13.3. The second kappa shape index (κ2) is 11.4. The SMILES string of the molecule is COCC#Cc1ccc2c(c1)[C@@H](N[S@](=O)C(C)(C)C)C1(CCN(c3nc(C)c(Br)nc3C(=O)OC)CC1)C2. The van der Waals surface area contributed by atoms with Gasteiger partial charge in [0, 0.05) is 25.8 Å². The Labute approximate surface area is 236 Å². The molecule has 2 aromatic rings. The highest BCUT2D eigenvalue weighted by atomic mass is 79.9. The zero-order chi connectivity index (χ0) is 27.7. The highest BCUT2D eigenvalue weighted by molar-refractivity contribution is 9.10. The van der Waals surface area contributed by atoms with Crippen LogP contribution in [0.1, 0.15) is 72.5 Å². The molecule has 0 saturated carbocycles. The van der Waals surface area contributed by atoms with E-state index in [9.17, 15) is 9.00 Å². The van der Waals surface area contributed by atoms with Crippen LogP contribution in [-0.2, 0) is 26.9 Å². The van der Waals surface area contributed by atoms with Crippen molar-refractivity contribution in [2.45, 2.75) is 57.7 Å². The van der Waals surface area contributed by atoms with Gasteiger partial charge >= 0.3 is 5.97 Å². The first kappa shape index (κ1) is 28.7. The first-order valence-corrected chi connectivity index (χ1v) is 14.6. The molecule has 1 aliphatic heterocycles. The number of aryl methyl sites for hydroxylation is 1. The largest absolute Gasteiger partial charge is 0.464 e. The number of methoxy groups -OCH3 is 2. The number of hydrogen-bond donors (Lipinski definition) is 1. The predicted octanol–water partition coefficient (Wildman–Crippen LogP) is 4.27. The van der Waals surface area contributed by atoms with Gasteiger partial charge in [-0.15, -0.1) is 0 Å². The smallest absolute Gasteiger partial charge is 0.360 e. The number of halogens is 1. The lowest BCUT2D eigenvalue weighted by Crippen LogP contribution is -2.48. The molecule has 2 heterocycles. The van der Waals surface area contributed by atoms with E-state index in [4.69, 9.17) is 14.5 Å². The molecule has 1 aromatic heterocycles. The molecule has 8 nitrogen and oxygen atoms in total. The molecule has 1 aliphatic carbocycles. The van der Waals surface area contributed by atoms with Crippen LogP contribution < -0.4 is 9.62 Å². The fraction of sp³-hybridized carbons (Fsp3) is 0.536. The lowest BCUT2D eigenvalue weighted by molar-refractivity contribution is 0.0593. The monoisotopic (exact) mass is 602 g/mol. The Balaban J connectivity index is 1.66. The summed E-state index contributed by atoms with van der Waals surface area (Å²) in [4.78, 5) is 23.7. The summed E-state index contributed by atoms with van der Waals surface area (Å²) in [5.74, 6) is 6.25. The molecular weight excluding hydrogens is 568 g/mol. The van der Waals surface area contributed by atoms with Crippen LogP contribution >= 0.6 is 15.9 Å². The summed E-state index contributed by atoms with van der Waals surface area (Å²) < 4.78 is 27.0. The molecule has 2 atom stereocenters. The average molecular weight is 604 g/mol. The molecule has 38 heavy (non-hydrogen) atoms. The molecule has 0 bridgehead atoms. The highest BCUT2D eigenvalue weighted by Crippen LogP contribution is 2.53. The van der Waals surface area contributed by atoms with Crippen molar-refractivity contribution in [2.75, 3.05) is 38.8 Å². The number of nitrogens with one attached hydrogen (secondary N) is 1. The number of aromatic nitrogens is 2. The van der Waals surface area contributed by atoms with Crippen molar-refractivity contribution in [3.05, 3.63) is 50.9 Å². The number of carbonyl (C=O) groups excluding carboxylic acids is 1. The van der Waals surface area contributed by atoms with E-state index in [2.05, 4.69) is 60.6 Å². The number of esters is 1. The van der Waals surface area contributed by atoms with E-state index in [1.165, 1.54) is 12.7 Å². The fourth-order valence-electron chi connectivity index (χ4n) is 5.17.